The standard InChI is InChI=1S/C34H34F2N6O/c1-3-24-27(35)11-8-21-6-4-7-25(28(21)24)30-29(36)31-26(16-37-30)32(41-17-22-9-10-23(18-41)38-22)40-33(39-31)43-19-34-13-5-15-42(34)20(2)12-14-34/h1,4,6-8,11,16,20,22-23,38H,5,9-10,12-15,17-19H2,2H3/t20-,22?,23?,34?/m0/s1. The normalized spacial score (nSPS) is 26.7. The van der Waals surface area contributed by atoms with E-state index in [-0.39, 0.29) is 28.3 Å². The van der Waals surface area contributed by atoms with Crippen LogP contribution in [0.25, 0.3) is 32.9 Å². The molecule has 9 heteroatoms. The molecule has 7 nitrogen and oxygen atoms in total. The zero-order valence-electron chi connectivity index (χ0n) is 24.2. The largest absolute Gasteiger partial charge is 0.461 e. The van der Waals surface area contributed by atoms with Crippen LogP contribution >= 0.6 is 0 Å². The highest BCUT2D eigenvalue weighted by Gasteiger charge is 2.48. The van der Waals surface area contributed by atoms with Crippen LogP contribution < -0.4 is 15.0 Å². The minimum absolute atomic E-state index is 0.0212. The molecular weight excluding hydrogens is 546 g/mol. The van der Waals surface area contributed by atoms with E-state index in [1.54, 1.807) is 24.4 Å². The monoisotopic (exact) mass is 580 g/mol. The second-order valence-corrected chi connectivity index (χ2v) is 12.7. The average molecular weight is 581 g/mol. The number of benzene rings is 2. The van der Waals surface area contributed by atoms with Crippen molar-refractivity contribution in [2.24, 2.45) is 0 Å². The molecule has 2 aromatic heterocycles. The molecular formula is C34H34F2N6O. The maximum absolute atomic E-state index is 16.7. The van der Waals surface area contributed by atoms with Gasteiger partial charge < -0.3 is 15.0 Å². The van der Waals surface area contributed by atoms with Crippen molar-refractivity contribution in [1.29, 1.82) is 0 Å². The van der Waals surface area contributed by atoms with Gasteiger partial charge in [-0.25, -0.2) is 8.78 Å². The van der Waals surface area contributed by atoms with Crippen LogP contribution in [0.1, 0.15) is 51.0 Å². The molecule has 4 fully saturated rings. The Balaban J connectivity index is 1.26. The Labute approximate surface area is 249 Å². The van der Waals surface area contributed by atoms with Gasteiger partial charge in [-0.15, -0.1) is 6.42 Å². The summed E-state index contributed by atoms with van der Waals surface area (Å²) in [5.41, 5.74) is 0.706. The Kier molecular flexibility index (Phi) is 6.28. The summed E-state index contributed by atoms with van der Waals surface area (Å²) in [5, 5.41) is 5.36. The van der Waals surface area contributed by atoms with E-state index < -0.39 is 11.6 Å². The Morgan fingerprint density at radius 2 is 1.93 bits per heavy atom. The third kappa shape index (κ3) is 4.26. The number of piperazine rings is 1. The van der Waals surface area contributed by atoms with Gasteiger partial charge in [-0.05, 0) is 63.4 Å². The van der Waals surface area contributed by atoms with Gasteiger partial charge in [-0.3, -0.25) is 9.88 Å². The summed E-state index contributed by atoms with van der Waals surface area (Å²) >= 11 is 0. The highest BCUT2D eigenvalue weighted by molar-refractivity contribution is 6.02. The molecule has 4 atom stereocenters. The molecule has 4 aliphatic heterocycles. The topological polar surface area (TPSA) is 66.4 Å². The number of ether oxygens (including phenoxy) is 1. The molecule has 0 amide bonds. The SMILES string of the molecule is C#Cc1c(F)ccc2cccc(-c3ncc4c(N5CC6CCC(C5)N6)nc(OCC56CCCN5[C@@H](C)CC6)nc4c3F)c12. The van der Waals surface area contributed by atoms with Crippen molar-refractivity contribution in [2.45, 2.75) is 69.1 Å². The third-order valence-corrected chi connectivity index (χ3v) is 10.2. The van der Waals surface area contributed by atoms with Gasteiger partial charge in [0.1, 0.15) is 29.5 Å². The fourth-order valence-corrected chi connectivity index (χ4v) is 8.15. The fraction of sp³-hybridized carbons (Fsp3) is 0.441. The van der Waals surface area contributed by atoms with E-state index in [0.717, 1.165) is 58.2 Å². The summed E-state index contributed by atoms with van der Waals surface area (Å²) in [6.07, 6.45) is 14.0. The Morgan fingerprint density at radius 3 is 2.74 bits per heavy atom. The van der Waals surface area contributed by atoms with Gasteiger partial charge in [0.15, 0.2) is 5.82 Å². The fourth-order valence-electron chi connectivity index (χ4n) is 8.15. The van der Waals surface area contributed by atoms with E-state index in [2.05, 4.69) is 37.9 Å². The van der Waals surface area contributed by atoms with Crippen LogP contribution in [0.5, 0.6) is 6.01 Å². The van der Waals surface area contributed by atoms with Crippen molar-refractivity contribution in [1.82, 2.24) is 25.2 Å². The molecule has 1 N–H and O–H groups in total. The molecule has 4 saturated heterocycles. The molecule has 2 aromatic carbocycles. The van der Waals surface area contributed by atoms with Gasteiger partial charge >= 0.3 is 6.01 Å². The molecule has 2 bridgehead atoms. The number of hydrogen-bond donors (Lipinski definition) is 1. The Morgan fingerprint density at radius 1 is 1.09 bits per heavy atom. The first-order valence-electron chi connectivity index (χ1n) is 15.4. The lowest BCUT2D eigenvalue weighted by atomic mass is 9.95. The smallest absolute Gasteiger partial charge is 0.319 e. The van der Waals surface area contributed by atoms with Crippen LogP contribution in [0.3, 0.4) is 0 Å². The summed E-state index contributed by atoms with van der Waals surface area (Å²) in [7, 11) is 0. The lowest BCUT2D eigenvalue weighted by Crippen LogP contribution is -2.51. The quantitative estimate of drug-likeness (QED) is 0.316. The summed E-state index contributed by atoms with van der Waals surface area (Å²) in [4.78, 5) is 19.0. The second-order valence-electron chi connectivity index (χ2n) is 12.7. The van der Waals surface area contributed by atoms with Gasteiger partial charge in [-0.2, -0.15) is 9.97 Å². The van der Waals surface area contributed by atoms with E-state index >= 15 is 4.39 Å². The van der Waals surface area contributed by atoms with Gasteiger partial charge in [0.25, 0.3) is 0 Å². The number of anilines is 1. The molecule has 0 saturated carbocycles. The second kappa shape index (κ2) is 10.1. The summed E-state index contributed by atoms with van der Waals surface area (Å²) in [6, 6.07) is 9.78. The first kappa shape index (κ1) is 26.7. The third-order valence-electron chi connectivity index (χ3n) is 10.2. The maximum atomic E-state index is 16.7. The zero-order valence-corrected chi connectivity index (χ0v) is 24.2. The lowest BCUT2D eigenvalue weighted by molar-refractivity contribution is 0.0889. The predicted octanol–water partition coefficient (Wildman–Crippen LogP) is 5.44. The first-order chi connectivity index (χ1) is 20.9. The predicted molar refractivity (Wildman–Crippen MR) is 163 cm³/mol. The van der Waals surface area contributed by atoms with Crippen LogP contribution in [-0.4, -0.2) is 69.8 Å². The molecule has 8 rings (SSSR count). The lowest BCUT2D eigenvalue weighted by Gasteiger charge is -2.35. The van der Waals surface area contributed by atoms with Gasteiger partial charge in [0.05, 0.1) is 16.5 Å². The maximum Gasteiger partial charge on any atom is 0.319 e. The summed E-state index contributed by atoms with van der Waals surface area (Å²) in [5.74, 6) is 1.97. The molecule has 3 unspecified atom stereocenters. The average Bonchev–Trinajstić information content (AvgIpc) is 3.69. The molecule has 6 heterocycles. The van der Waals surface area contributed by atoms with Crippen LogP contribution in [0, 0.1) is 24.0 Å². The van der Waals surface area contributed by atoms with Crippen LogP contribution in [0.2, 0.25) is 0 Å². The van der Waals surface area contributed by atoms with Crippen molar-refractivity contribution in [3.63, 3.8) is 0 Å². The molecule has 4 aliphatic rings. The highest BCUT2D eigenvalue weighted by Crippen LogP contribution is 2.43. The van der Waals surface area contributed by atoms with E-state index in [4.69, 9.17) is 16.1 Å². The molecule has 220 valence electrons. The van der Waals surface area contributed by atoms with Gasteiger partial charge in [0.2, 0.25) is 0 Å². The number of nitrogens with zero attached hydrogens (tertiary/aromatic N) is 5. The number of rotatable bonds is 5. The Bertz CT molecular complexity index is 1790. The molecule has 0 aliphatic carbocycles. The molecule has 43 heavy (non-hydrogen) atoms. The molecule has 0 radical (unpaired) electrons. The van der Waals surface area contributed by atoms with Crippen LogP contribution in [-0.2, 0) is 0 Å². The van der Waals surface area contributed by atoms with E-state index in [9.17, 15) is 4.39 Å². The highest BCUT2D eigenvalue weighted by atomic mass is 19.1. The first-order valence-corrected chi connectivity index (χ1v) is 15.4. The molecule has 4 aromatic rings. The summed E-state index contributed by atoms with van der Waals surface area (Å²) in [6.45, 7) is 5.38. The van der Waals surface area contributed by atoms with Gasteiger partial charge in [0, 0.05) is 48.4 Å². The minimum atomic E-state index is -0.598. The number of hydrogen-bond acceptors (Lipinski definition) is 7. The van der Waals surface area contributed by atoms with E-state index in [1.165, 1.54) is 6.07 Å². The van der Waals surface area contributed by atoms with E-state index in [1.807, 2.05) is 6.07 Å². The van der Waals surface area contributed by atoms with Gasteiger partial charge in [-0.1, -0.05) is 30.2 Å². The number of nitrogens with one attached hydrogen (secondary N) is 1. The number of terminal acetylenes is 1. The van der Waals surface area contributed by atoms with Crippen LogP contribution in [0.15, 0.2) is 36.5 Å². The number of aromatic nitrogens is 3. The number of pyridine rings is 1. The van der Waals surface area contributed by atoms with Crippen LogP contribution in [0.4, 0.5) is 14.6 Å². The van der Waals surface area contributed by atoms with Crippen molar-refractivity contribution in [3.8, 4) is 29.6 Å². The van der Waals surface area contributed by atoms with Crippen molar-refractivity contribution >= 4 is 27.5 Å². The number of halogens is 2. The van der Waals surface area contributed by atoms with Crippen molar-refractivity contribution < 1.29 is 13.5 Å². The van der Waals surface area contributed by atoms with E-state index in [0.29, 0.717) is 52.3 Å². The minimum Gasteiger partial charge on any atom is -0.461 e. The summed E-state index contributed by atoms with van der Waals surface area (Å²) < 4.78 is 37.9. The van der Waals surface area contributed by atoms with Crippen molar-refractivity contribution in [2.75, 3.05) is 31.1 Å². The number of fused-ring (bicyclic) bond motifs is 5. The Hall–Kier alpha value is -3.87. The zero-order chi connectivity index (χ0) is 29.3. The van der Waals surface area contributed by atoms with Crippen molar-refractivity contribution in [3.05, 3.63) is 53.7 Å². The molecule has 0 spiro atoms.